The molecular formula is C17H13FN2OS. The lowest BCUT2D eigenvalue weighted by Crippen LogP contribution is -2.25. The van der Waals surface area contributed by atoms with Crippen molar-refractivity contribution in [2.45, 2.75) is 6.92 Å². The summed E-state index contributed by atoms with van der Waals surface area (Å²) >= 11 is 1.38. The molecule has 0 atom stereocenters. The minimum atomic E-state index is -0.436. The van der Waals surface area contributed by atoms with Crippen molar-refractivity contribution < 1.29 is 9.18 Å². The molecule has 3 nitrogen and oxygen atoms in total. The molecule has 0 bridgehead atoms. The van der Waals surface area contributed by atoms with Crippen molar-refractivity contribution in [1.29, 1.82) is 0 Å². The number of carbonyl (C=O) groups excluding carboxylic acids is 1. The first kappa shape index (κ1) is 14.4. The molecule has 22 heavy (non-hydrogen) atoms. The number of para-hydroxylation sites is 1. The number of amides is 1. The highest BCUT2D eigenvalue weighted by Gasteiger charge is 2.22. The fourth-order valence-electron chi connectivity index (χ4n) is 2.09. The molecule has 0 aliphatic rings. The molecule has 0 fully saturated rings. The Hall–Kier alpha value is -2.53. The molecule has 5 heteroatoms. The highest BCUT2D eigenvalue weighted by Crippen LogP contribution is 2.30. The predicted molar refractivity (Wildman–Crippen MR) is 86.2 cm³/mol. The summed E-state index contributed by atoms with van der Waals surface area (Å²) in [5.41, 5.74) is 1.83. The molecule has 0 unspecified atom stereocenters. The number of aromatic nitrogens is 1. The number of carbonyl (C=O) groups is 1. The van der Waals surface area contributed by atoms with E-state index in [4.69, 9.17) is 0 Å². The maximum Gasteiger partial charge on any atom is 0.264 e. The summed E-state index contributed by atoms with van der Waals surface area (Å²) in [4.78, 5) is 18.7. The third kappa shape index (κ3) is 2.89. The number of hydrogen-bond acceptors (Lipinski definition) is 3. The fourth-order valence-corrected chi connectivity index (χ4v) is 2.91. The summed E-state index contributed by atoms with van der Waals surface area (Å²) < 4.78 is 13.4. The Kier molecular flexibility index (Phi) is 3.98. The molecule has 0 aliphatic heterocycles. The third-order valence-electron chi connectivity index (χ3n) is 3.09. The van der Waals surface area contributed by atoms with Gasteiger partial charge in [-0.3, -0.25) is 9.69 Å². The van der Waals surface area contributed by atoms with E-state index >= 15 is 0 Å². The average molecular weight is 312 g/mol. The Morgan fingerprint density at radius 3 is 2.55 bits per heavy atom. The summed E-state index contributed by atoms with van der Waals surface area (Å²) in [6.07, 6.45) is 0. The van der Waals surface area contributed by atoms with Gasteiger partial charge >= 0.3 is 0 Å². The van der Waals surface area contributed by atoms with Crippen LogP contribution in [-0.2, 0) is 0 Å². The van der Waals surface area contributed by atoms with Gasteiger partial charge in [0.2, 0.25) is 0 Å². The monoisotopic (exact) mass is 312 g/mol. The molecule has 0 saturated carbocycles. The number of anilines is 2. The number of rotatable bonds is 3. The Labute approximate surface area is 131 Å². The first-order chi connectivity index (χ1) is 10.6. The number of halogens is 1. The molecule has 2 aromatic carbocycles. The van der Waals surface area contributed by atoms with E-state index in [1.165, 1.54) is 34.4 Å². The van der Waals surface area contributed by atoms with Crippen LogP contribution in [0.5, 0.6) is 0 Å². The van der Waals surface area contributed by atoms with Gasteiger partial charge in [-0.25, -0.2) is 9.37 Å². The van der Waals surface area contributed by atoms with E-state index in [1.807, 2.05) is 42.6 Å². The van der Waals surface area contributed by atoms with Gasteiger partial charge in [-0.05, 0) is 37.3 Å². The van der Waals surface area contributed by atoms with E-state index in [-0.39, 0.29) is 11.5 Å². The van der Waals surface area contributed by atoms with E-state index in [1.54, 1.807) is 6.07 Å². The topological polar surface area (TPSA) is 33.2 Å². The van der Waals surface area contributed by atoms with Gasteiger partial charge in [-0.1, -0.05) is 24.3 Å². The molecule has 3 rings (SSSR count). The van der Waals surface area contributed by atoms with E-state index < -0.39 is 5.82 Å². The molecule has 1 amide bonds. The number of nitrogens with zero attached hydrogens (tertiary/aromatic N) is 2. The van der Waals surface area contributed by atoms with Crippen molar-refractivity contribution in [1.82, 2.24) is 4.98 Å². The van der Waals surface area contributed by atoms with Crippen molar-refractivity contribution in [3.05, 3.63) is 77.1 Å². The van der Waals surface area contributed by atoms with Gasteiger partial charge < -0.3 is 0 Å². The smallest absolute Gasteiger partial charge is 0.264 e. The molecule has 1 aromatic heterocycles. The second-order valence-corrected chi connectivity index (χ2v) is 5.59. The second kappa shape index (κ2) is 6.07. The van der Waals surface area contributed by atoms with E-state index in [9.17, 15) is 9.18 Å². The van der Waals surface area contributed by atoms with Gasteiger partial charge in [-0.2, -0.15) is 0 Å². The Bertz CT molecular complexity index is 801. The van der Waals surface area contributed by atoms with Gasteiger partial charge in [0, 0.05) is 10.9 Å². The van der Waals surface area contributed by atoms with Crippen molar-refractivity contribution in [3.63, 3.8) is 0 Å². The van der Waals surface area contributed by atoms with Gasteiger partial charge in [0.25, 0.3) is 5.91 Å². The lowest BCUT2D eigenvalue weighted by atomic mass is 10.2. The summed E-state index contributed by atoms with van der Waals surface area (Å²) in [6.45, 7) is 1.87. The van der Waals surface area contributed by atoms with Gasteiger partial charge in [-0.15, -0.1) is 11.3 Å². The van der Waals surface area contributed by atoms with Crippen LogP contribution in [0.1, 0.15) is 16.1 Å². The van der Waals surface area contributed by atoms with Crippen molar-refractivity contribution in [2.24, 2.45) is 0 Å². The van der Waals surface area contributed by atoms with Crippen LogP contribution in [0, 0.1) is 12.7 Å². The molecule has 0 saturated heterocycles. The molecule has 0 N–H and O–H groups in total. The summed E-state index contributed by atoms with van der Waals surface area (Å²) in [7, 11) is 0. The quantitative estimate of drug-likeness (QED) is 0.710. The lowest BCUT2D eigenvalue weighted by Gasteiger charge is -2.20. The second-order valence-electron chi connectivity index (χ2n) is 4.76. The Morgan fingerprint density at radius 1 is 1.14 bits per heavy atom. The van der Waals surface area contributed by atoms with Gasteiger partial charge in [0.1, 0.15) is 5.82 Å². The lowest BCUT2D eigenvalue weighted by molar-refractivity contribution is 0.0999. The highest BCUT2D eigenvalue weighted by molar-refractivity contribution is 7.14. The number of aryl methyl sites for hydroxylation is 1. The molecule has 0 radical (unpaired) electrons. The number of benzene rings is 2. The Balaban J connectivity index is 2.08. The third-order valence-corrected chi connectivity index (χ3v) is 4.03. The minimum Gasteiger partial charge on any atom is -0.268 e. The van der Waals surface area contributed by atoms with Crippen molar-refractivity contribution in [3.8, 4) is 0 Å². The molecule has 0 spiro atoms. The molecule has 3 aromatic rings. The first-order valence-corrected chi connectivity index (χ1v) is 7.60. The molecule has 110 valence electrons. The largest absolute Gasteiger partial charge is 0.268 e. The average Bonchev–Trinajstić information content (AvgIpc) is 2.94. The molecule has 0 aliphatic carbocycles. The van der Waals surface area contributed by atoms with Gasteiger partial charge in [0.15, 0.2) is 5.13 Å². The van der Waals surface area contributed by atoms with Crippen LogP contribution in [0.2, 0.25) is 0 Å². The zero-order valence-electron chi connectivity index (χ0n) is 11.9. The van der Waals surface area contributed by atoms with Crippen LogP contribution in [0.15, 0.2) is 60.0 Å². The fraction of sp³-hybridized carbons (Fsp3) is 0.0588. The van der Waals surface area contributed by atoms with Crippen LogP contribution in [0.25, 0.3) is 0 Å². The summed E-state index contributed by atoms with van der Waals surface area (Å²) in [5, 5.41) is 2.45. The standard InChI is InChI=1S/C17H13FN2OS/c1-12-11-22-17(19-12)20(15-8-3-2-4-9-15)16(21)13-6-5-7-14(18)10-13/h2-11H,1H3. The number of hydrogen-bond donors (Lipinski definition) is 0. The molecular weight excluding hydrogens is 299 g/mol. The number of thiazole rings is 1. The zero-order chi connectivity index (χ0) is 15.5. The Morgan fingerprint density at radius 2 is 1.91 bits per heavy atom. The highest BCUT2D eigenvalue weighted by atomic mass is 32.1. The van der Waals surface area contributed by atoms with Crippen LogP contribution < -0.4 is 4.90 Å². The van der Waals surface area contributed by atoms with Crippen molar-refractivity contribution >= 4 is 28.1 Å². The van der Waals surface area contributed by atoms with E-state index in [0.29, 0.717) is 10.8 Å². The first-order valence-electron chi connectivity index (χ1n) is 6.72. The van der Waals surface area contributed by atoms with Crippen molar-refractivity contribution in [2.75, 3.05) is 4.90 Å². The summed E-state index contributed by atoms with van der Waals surface area (Å²) in [6, 6.07) is 14.9. The van der Waals surface area contributed by atoms with Crippen LogP contribution in [0.3, 0.4) is 0 Å². The maximum absolute atomic E-state index is 13.4. The molecule has 1 heterocycles. The zero-order valence-corrected chi connectivity index (χ0v) is 12.7. The van der Waals surface area contributed by atoms with Gasteiger partial charge in [0.05, 0.1) is 11.4 Å². The predicted octanol–water partition coefficient (Wildman–Crippen LogP) is 4.57. The van der Waals surface area contributed by atoms with E-state index in [0.717, 1.165) is 5.69 Å². The normalized spacial score (nSPS) is 10.5. The summed E-state index contributed by atoms with van der Waals surface area (Å²) in [5.74, 6) is -0.741. The van der Waals surface area contributed by atoms with Crippen LogP contribution in [0.4, 0.5) is 15.2 Å². The minimum absolute atomic E-state index is 0.289. The maximum atomic E-state index is 13.4. The van der Waals surface area contributed by atoms with Crippen LogP contribution in [-0.4, -0.2) is 10.9 Å². The van der Waals surface area contributed by atoms with E-state index in [2.05, 4.69) is 4.98 Å². The SMILES string of the molecule is Cc1csc(N(C(=O)c2cccc(F)c2)c2ccccc2)n1. The van der Waals surface area contributed by atoms with Crippen LogP contribution >= 0.6 is 11.3 Å².